The van der Waals surface area contributed by atoms with E-state index in [1.54, 1.807) is 30.7 Å². The van der Waals surface area contributed by atoms with Gasteiger partial charge in [-0.05, 0) is 60.2 Å². The number of hydrogen-bond donors (Lipinski definition) is 1. The molecule has 164 valence electrons. The van der Waals surface area contributed by atoms with Gasteiger partial charge in [-0.25, -0.2) is 0 Å². The zero-order valence-electron chi connectivity index (χ0n) is 17.5. The van der Waals surface area contributed by atoms with Gasteiger partial charge < -0.3 is 14.8 Å². The molecule has 1 aliphatic heterocycles. The fourth-order valence-electron chi connectivity index (χ4n) is 4.21. The quantitative estimate of drug-likeness (QED) is 0.262. The molecule has 0 spiro atoms. The summed E-state index contributed by atoms with van der Waals surface area (Å²) < 4.78 is 1.97. The van der Waals surface area contributed by atoms with E-state index in [-0.39, 0.29) is 22.7 Å². The highest BCUT2D eigenvalue weighted by molar-refractivity contribution is 7.80. The Labute approximate surface area is 195 Å². The molecule has 4 aromatic rings. The molecule has 0 saturated carbocycles. The van der Waals surface area contributed by atoms with Gasteiger partial charge in [0.1, 0.15) is 0 Å². The lowest BCUT2D eigenvalue weighted by Crippen LogP contribution is -2.30. The molecule has 33 heavy (non-hydrogen) atoms. The van der Waals surface area contributed by atoms with E-state index in [0.29, 0.717) is 17.3 Å². The number of nitro groups is 1. The first-order chi connectivity index (χ1) is 16.1. The van der Waals surface area contributed by atoms with Crippen molar-refractivity contribution in [1.82, 2.24) is 24.8 Å². The van der Waals surface area contributed by atoms with Crippen molar-refractivity contribution in [2.45, 2.75) is 18.6 Å². The molecule has 0 radical (unpaired) electrons. The van der Waals surface area contributed by atoms with Crippen LogP contribution in [0.4, 0.5) is 5.69 Å². The number of aromatic nitrogens is 3. The first-order valence-corrected chi connectivity index (χ1v) is 10.8. The van der Waals surface area contributed by atoms with Crippen LogP contribution in [-0.4, -0.2) is 29.5 Å². The molecule has 1 saturated heterocycles. The second-order valence-electron chi connectivity index (χ2n) is 7.69. The number of hydrogen-bond acceptors (Lipinski definition) is 5. The number of nitrogens with zero attached hydrogens (tertiary/aromatic N) is 5. The molecule has 2 atom stereocenters. The smallest absolute Gasteiger partial charge is 0.271 e. The van der Waals surface area contributed by atoms with Gasteiger partial charge in [0.15, 0.2) is 5.11 Å². The molecule has 9 heteroatoms. The van der Waals surface area contributed by atoms with E-state index in [9.17, 15) is 10.1 Å². The Bertz CT molecular complexity index is 1290. The average Bonchev–Trinajstić information content (AvgIpc) is 3.45. The van der Waals surface area contributed by atoms with Crippen molar-refractivity contribution < 1.29 is 4.92 Å². The Kier molecular flexibility index (Phi) is 5.54. The Balaban J connectivity index is 1.61. The standard InChI is InChI=1S/C24H20N6O2S/c31-30(32)19-6-3-5-18(15-19)28-14-4-8-21(28)23-22(20-7-1-2-11-26-20)27-24(33)29(23)16-17-9-12-25-13-10-17/h1-15,22-23H,16H2,(H,27,33)/t22-,23-/m0/s1. The Morgan fingerprint density at radius 2 is 1.88 bits per heavy atom. The van der Waals surface area contributed by atoms with Gasteiger partial charge in [-0.3, -0.25) is 20.1 Å². The summed E-state index contributed by atoms with van der Waals surface area (Å²) >= 11 is 5.76. The average molecular weight is 457 g/mol. The molecule has 8 nitrogen and oxygen atoms in total. The molecule has 0 amide bonds. The van der Waals surface area contributed by atoms with Gasteiger partial charge in [-0.2, -0.15) is 0 Å². The summed E-state index contributed by atoms with van der Waals surface area (Å²) in [5, 5.41) is 15.4. The minimum atomic E-state index is -0.384. The number of rotatable bonds is 6. The van der Waals surface area contributed by atoms with Gasteiger partial charge >= 0.3 is 0 Å². The third-order valence-electron chi connectivity index (χ3n) is 5.70. The number of non-ortho nitro benzene ring substituents is 1. The highest BCUT2D eigenvalue weighted by atomic mass is 32.1. The van der Waals surface area contributed by atoms with E-state index in [0.717, 1.165) is 17.0 Å². The predicted molar refractivity (Wildman–Crippen MR) is 128 cm³/mol. The van der Waals surface area contributed by atoms with Crippen LogP contribution in [0.15, 0.2) is 91.5 Å². The third-order valence-corrected chi connectivity index (χ3v) is 6.05. The largest absolute Gasteiger partial charge is 0.352 e. The molecule has 4 heterocycles. The van der Waals surface area contributed by atoms with E-state index < -0.39 is 0 Å². The SMILES string of the molecule is O=[N+]([O-])c1cccc(-n2cccc2[C@H]2[C@H](c3ccccn3)NC(=S)N2Cc2ccncc2)c1. The summed E-state index contributed by atoms with van der Waals surface area (Å²) in [7, 11) is 0. The topological polar surface area (TPSA) is 89.1 Å². The maximum atomic E-state index is 11.3. The predicted octanol–water partition coefficient (Wildman–Crippen LogP) is 4.35. The van der Waals surface area contributed by atoms with Crippen molar-refractivity contribution in [3.8, 4) is 5.69 Å². The normalized spacial score (nSPS) is 17.7. The summed E-state index contributed by atoms with van der Waals surface area (Å²) in [5.74, 6) is 0. The maximum Gasteiger partial charge on any atom is 0.271 e. The lowest BCUT2D eigenvalue weighted by molar-refractivity contribution is -0.384. The molecule has 0 unspecified atom stereocenters. The number of thiocarbonyl (C=S) groups is 1. The molecule has 1 N–H and O–H groups in total. The summed E-state index contributed by atoms with van der Waals surface area (Å²) in [5.41, 5.74) is 3.66. The van der Waals surface area contributed by atoms with Crippen molar-refractivity contribution >= 4 is 23.0 Å². The van der Waals surface area contributed by atoms with Crippen LogP contribution < -0.4 is 5.32 Å². The van der Waals surface area contributed by atoms with Crippen molar-refractivity contribution in [2.24, 2.45) is 0 Å². The van der Waals surface area contributed by atoms with Crippen molar-refractivity contribution in [3.63, 3.8) is 0 Å². The van der Waals surface area contributed by atoms with Crippen molar-refractivity contribution in [3.05, 3.63) is 119 Å². The zero-order chi connectivity index (χ0) is 22.8. The van der Waals surface area contributed by atoms with Gasteiger partial charge in [-0.1, -0.05) is 12.1 Å². The zero-order valence-corrected chi connectivity index (χ0v) is 18.3. The first-order valence-electron chi connectivity index (χ1n) is 10.4. The first kappa shape index (κ1) is 20.8. The Morgan fingerprint density at radius 3 is 2.64 bits per heavy atom. The highest BCUT2D eigenvalue weighted by Gasteiger charge is 2.41. The fraction of sp³-hybridized carbons (Fsp3) is 0.125. The van der Waals surface area contributed by atoms with Gasteiger partial charge in [-0.15, -0.1) is 0 Å². The minimum absolute atomic E-state index is 0.0436. The van der Waals surface area contributed by atoms with Crippen LogP contribution in [0.3, 0.4) is 0 Å². The molecule has 1 fully saturated rings. The van der Waals surface area contributed by atoms with Crippen LogP contribution in [-0.2, 0) is 6.54 Å². The summed E-state index contributed by atoms with van der Waals surface area (Å²) in [6.07, 6.45) is 7.20. The van der Waals surface area contributed by atoms with Crippen LogP contribution in [0, 0.1) is 10.1 Å². The summed E-state index contributed by atoms with van der Waals surface area (Å²) in [6, 6.07) is 20.0. The lowest BCUT2D eigenvalue weighted by Gasteiger charge is -2.29. The van der Waals surface area contributed by atoms with Crippen molar-refractivity contribution in [1.29, 1.82) is 0 Å². The molecule has 5 rings (SSSR count). The number of nitrogens with one attached hydrogen (secondary N) is 1. The maximum absolute atomic E-state index is 11.3. The molecule has 1 aliphatic rings. The molecule has 0 aliphatic carbocycles. The van der Waals surface area contributed by atoms with E-state index >= 15 is 0 Å². The van der Waals surface area contributed by atoms with Gasteiger partial charge in [0, 0.05) is 49.2 Å². The third kappa shape index (κ3) is 4.06. The summed E-state index contributed by atoms with van der Waals surface area (Å²) in [6.45, 7) is 0.586. The molecule has 3 aromatic heterocycles. The molecule has 1 aromatic carbocycles. The molecular formula is C24H20N6O2S. The van der Waals surface area contributed by atoms with Crippen LogP contribution in [0.1, 0.15) is 29.0 Å². The van der Waals surface area contributed by atoms with Crippen LogP contribution in [0.25, 0.3) is 5.69 Å². The second kappa shape index (κ2) is 8.79. The minimum Gasteiger partial charge on any atom is -0.352 e. The van der Waals surface area contributed by atoms with E-state index in [4.69, 9.17) is 12.2 Å². The monoisotopic (exact) mass is 456 g/mol. The van der Waals surface area contributed by atoms with E-state index in [1.807, 2.05) is 59.3 Å². The number of nitro benzene ring substituents is 1. The van der Waals surface area contributed by atoms with E-state index in [2.05, 4.69) is 20.2 Å². The number of benzene rings is 1. The Morgan fingerprint density at radius 1 is 1.03 bits per heavy atom. The molecular weight excluding hydrogens is 436 g/mol. The van der Waals surface area contributed by atoms with E-state index in [1.165, 1.54) is 6.07 Å². The van der Waals surface area contributed by atoms with Gasteiger partial charge in [0.05, 0.1) is 28.4 Å². The lowest BCUT2D eigenvalue weighted by atomic mass is 10.0. The van der Waals surface area contributed by atoms with Crippen LogP contribution in [0.5, 0.6) is 0 Å². The van der Waals surface area contributed by atoms with Gasteiger partial charge in [0.2, 0.25) is 0 Å². The second-order valence-corrected chi connectivity index (χ2v) is 8.08. The molecule has 0 bridgehead atoms. The van der Waals surface area contributed by atoms with Gasteiger partial charge in [0.25, 0.3) is 5.69 Å². The highest BCUT2D eigenvalue weighted by Crippen LogP contribution is 2.40. The Hall–Kier alpha value is -4.11. The van der Waals surface area contributed by atoms with Crippen LogP contribution >= 0.6 is 12.2 Å². The van der Waals surface area contributed by atoms with Crippen LogP contribution in [0.2, 0.25) is 0 Å². The van der Waals surface area contributed by atoms with Crippen molar-refractivity contribution in [2.75, 3.05) is 0 Å². The number of pyridine rings is 2. The summed E-state index contributed by atoms with van der Waals surface area (Å²) in [4.78, 5) is 21.8. The fourth-order valence-corrected chi connectivity index (χ4v) is 4.51.